The minimum Gasteiger partial charge on any atom is -0.369 e. The maximum absolute atomic E-state index is 4.19. The fraction of sp³-hybridized carbons (Fsp3) is 0.636. The molecule has 0 fully saturated rings. The third-order valence-electron chi connectivity index (χ3n) is 2.51. The summed E-state index contributed by atoms with van der Waals surface area (Å²) in [6, 6.07) is 0. The number of anilines is 1. The van der Waals surface area contributed by atoms with Crippen LogP contribution in [0.5, 0.6) is 0 Å². The molecule has 1 rings (SSSR count). The first-order chi connectivity index (χ1) is 7.77. The molecule has 0 radical (unpaired) electrons. The van der Waals surface area contributed by atoms with Gasteiger partial charge in [-0.05, 0) is 48.6 Å². The molecule has 1 heterocycles. The molecule has 0 unspecified atom stereocenters. The van der Waals surface area contributed by atoms with Crippen LogP contribution in [0.2, 0.25) is 0 Å². The highest BCUT2D eigenvalue weighted by molar-refractivity contribution is 14.1. The SMILES string of the molecule is CCN(CC)CCCNc1ncncc1I. The van der Waals surface area contributed by atoms with E-state index in [1.54, 1.807) is 6.33 Å². The van der Waals surface area contributed by atoms with Crippen molar-refractivity contribution in [3.8, 4) is 0 Å². The first kappa shape index (κ1) is 13.6. The lowest BCUT2D eigenvalue weighted by Crippen LogP contribution is -2.25. The van der Waals surface area contributed by atoms with Crippen LogP contribution in [0, 0.1) is 3.57 Å². The average Bonchev–Trinajstić information content (AvgIpc) is 2.31. The summed E-state index contributed by atoms with van der Waals surface area (Å²) in [5.74, 6) is 0.940. The van der Waals surface area contributed by atoms with Crippen molar-refractivity contribution >= 4 is 28.4 Å². The summed E-state index contributed by atoms with van der Waals surface area (Å²) in [4.78, 5) is 10.6. The van der Waals surface area contributed by atoms with Gasteiger partial charge in [0.05, 0.1) is 3.57 Å². The van der Waals surface area contributed by atoms with Crippen molar-refractivity contribution in [3.63, 3.8) is 0 Å². The molecule has 0 spiro atoms. The van der Waals surface area contributed by atoms with E-state index in [0.717, 1.165) is 42.0 Å². The molecule has 0 aliphatic heterocycles. The zero-order valence-electron chi connectivity index (χ0n) is 9.91. The Labute approximate surface area is 111 Å². The van der Waals surface area contributed by atoms with E-state index in [1.807, 2.05) is 6.20 Å². The van der Waals surface area contributed by atoms with Gasteiger partial charge in [0.1, 0.15) is 12.1 Å². The number of aromatic nitrogens is 2. The Kier molecular flexibility index (Phi) is 6.63. The van der Waals surface area contributed by atoms with Gasteiger partial charge < -0.3 is 10.2 Å². The molecule has 1 aromatic rings. The summed E-state index contributed by atoms with van der Waals surface area (Å²) in [7, 11) is 0. The molecule has 0 atom stereocenters. The number of hydrogen-bond acceptors (Lipinski definition) is 4. The third-order valence-corrected chi connectivity index (χ3v) is 3.30. The van der Waals surface area contributed by atoms with Crippen molar-refractivity contribution in [2.24, 2.45) is 0 Å². The molecular weight excluding hydrogens is 315 g/mol. The maximum atomic E-state index is 4.19. The van der Waals surface area contributed by atoms with E-state index in [1.165, 1.54) is 0 Å². The summed E-state index contributed by atoms with van der Waals surface area (Å²) >= 11 is 2.24. The predicted molar refractivity (Wildman–Crippen MR) is 75.6 cm³/mol. The van der Waals surface area contributed by atoms with E-state index in [0.29, 0.717) is 0 Å². The quantitative estimate of drug-likeness (QED) is 0.613. The fourth-order valence-corrected chi connectivity index (χ4v) is 1.98. The lowest BCUT2D eigenvalue weighted by atomic mass is 10.3. The Morgan fingerprint density at radius 3 is 2.75 bits per heavy atom. The highest BCUT2D eigenvalue weighted by atomic mass is 127. The standard InChI is InChI=1S/C11H19IN4/c1-3-16(4-2)7-5-6-14-11-10(12)8-13-9-15-11/h8-9H,3-7H2,1-2H3,(H,13,14,15). The molecule has 0 aromatic carbocycles. The summed E-state index contributed by atoms with van der Waals surface area (Å²) < 4.78 is 1.07. The van der Waals surface area contributed by atoms with Gasteiger partial charge in [0.15, 0.2) is 0 Å². The molecule has 1 aromatic heterocycles. The molecule has 0 aliphatic carbocycles. The van der Waals surface area contributed by atoms with Crippen LogP contribution in [0.25, 0.3) is 0 Å². The molecule has 16 heavy (non-hydrogen) atoms. The second-order valence-corrected chi connectivity index (χ2v) is 4.69. The third kappa shape index (κ3) is 4.61. The van der Waals surface area contributed by atoms with Crippen LogP contribution in [0.15, 0.2) is 12.5 Å². The number of nitrogens with zero attached hydrogens (tertiary/aromatic N) is 3. The van der Waals surface area contributed by atoms with Crippen molar-refractivity contribution < 1.29 is 0 Å². The zero-order valence-corrected chi connectivity index (χ0v) is 12.1. The molecule has 1 N–H and O–H groups in total. The topological polar surface area (TPSA) is 41.0 Å². The Morgan fingerprint density at radius 1 is 1.38 bits per heavy atom. The first-order valence-electron chi connectivity index (χ1n) is 5.69. The second-order valence-electron chi connectivity index (χ2n) is 3.53. The Bertz CT molecular complexity index is 302. The van der Waals surface area contributed by atoms with Crippen molar-refractivity contribution in [1.82, 2.24) is 14.9 Å². The molecule has 90 valence electrons. The van der Waals surface area contributed by atoms with E-state index in [4.69, 9.17) is 0 Å². The second kappa shape index (κ2) is 7.78. The average molecular weight is 334 g/mol. The van der Waals surface area contributed by atoms with E-state index >= 15 is 0 Å². The van der Waals surface area contributed by atoms with Crippen molar-refractivity contribution in [3.05, 3.63) is 16.1 Å². The number of hydrogen-bond donors (Lipinski definition) is 1. The van der Waals surface area contributed by atoms with E-state index < -0.39 is 0 Å². The van der Waals surface area contributed by atoms with Crippen LogP contribution in [-0.2, 0) is 0 Å². The maximum Gasteiger partial charge on any atom is 0.142 e. The highest BCUT2D eigenvalue weighted by Gasteiger charge is 2.01. The number of rotatable bonds is 7. The molecule has 0 saturated heterocycles. The fourth-order valence-electron chi connectivity index (χ4n) is 1.49. The van der Waals surface area contributed by atoms with Crippen LogP contribution in [0.4, 0.5) is 5.82 Å². The van der Waals surface area contributed by atoms with Crippen LogP contribution < -0.4 is 5.32 Å². The normalized spacial score (nSPS) is 10.8. The van der Waals surface area contributed by atoms with E-state index in [-0.39, 0.29) is 0 Å². The summed E-state index contributed by atoms with van der Waals surface area (Å²) in [6.45, 7) is 8.75. The van der Waals surface area contributed by atoms with Gasteiger partial charge in [-0.3, -0.25) is 0 Å². The van der Waals surface area contributed by atoms with E-state index in [9.17, 15) is 0 Å². The molecule has 0 amide bonds. The Morgan fingerprint density at radius 2 is 2.12 bits per heavy atom. The zero-order chi connectivity index (χ0) is 11.8. The predicted octanol–water partition coefficient (Wildman–Crippen LogP) is 2.22. The summed E-state index contributed by atoms with van der Waals surface area (Å²) in [5, 5.41) is 3.33. The minimum atomic E-state index is 0.940. The molecule has 5 heteroatoms. The first-order valence-corrected chi connectivity index (χ1v) is 6.77. The van der Waals surface area contributed by atoms with Gasteiger partial charge in [-0.15, -0.1) is 0 Å². The van der Waals surface area contributed by atoms with Crippen molar-refractivity contribution in [1.29, 1.82) is 0 Å². The molecule has 4 nitrogen and oxygen atoms in total. The smallest absolute Gasteiger partial charge is 0.142 e. The minimum absolute atomic E-state index is 0.940. The van der Waals surface area contributed by atoms with Crippen LogP contribution in [-0.4, -0.2) is 41.0 Å². The van der Waals surface area contributed by atoms with Crippen LogP contribution >= 0.6 is 22.6 Å². The summed E-state index contributed by atoms with van der Waals surface area (Å²) in [6.07, 6.45) is 4.54. The Hall–Kier alpha value is -0.430. The van der Waals surface area contributed by atoms with Gasteiger partial charge in [0.2, 0.25) is 0 Å². The van der Waals surface area contributed by atoms with Gasteiger partial charge in [-0.25, -0.2) is 9.97 Å². The van der Waals surface area contributed by atoms with E-state index in [2.05, 4.69) is 56.6 Å². The lowest BCUT2D eigenvalue weighted by molar-refractivity contribution is 0.303. The van der Waals surface area contributed by atoms with Gasteiger partial charge in [-0.1, -0.05) is 13.8 Å². The van der Waals surface area contributed by atoms with Crippen LogP contribution in [0.1, 0.15) is 20.3 Å². The number of nitrogens with one attached hydrogen (secondary N) is 1. The molecule has 0 bridgehead atoms. The monoisotopic (exact) mass is 334 g/mol. The summed E-state index contributed by atoms with van der Waals surface area (Å²) in [5.41, 5.74) is 0. The molecular formula is C11H19IN4. The van der Waals surface area contributed by atoms with Gasteiger partial charge in [0, 0.05) is 12.7 Å². The molecule has 0 saturated carbocycles. The number of halogens is 1. The van der Waals surface area contributed by atoms with Crippen LogP contribution in [0.3, 0.4) is 0 Å². The van der Waals surface area contributed by atoms with Crippen molar-refractivity contribution in [2.45, 2.75) is 20.3 Å². The highest BCUT2D eigenvalue weighted by Crippen LogP contribution is 2.11. The van der Waals surface area contributed by atoms with Crippen molar-refractivity contribution in [2.75, 3.05) is 31.5 Å². The Balaban J connectivity index is 2.23. The molecule has 0 aliphatic rings. The lowest BCUT2D eigenvalue weighted by Gasteiger charge is -2.17. The van der Waals surface area contributed by atoms with Gasteiger partial charge in [-0.2, -0.15) is 0 Å². The van der Waals surface area contributed by atoms with Gasteiger partial charge in [0.25, 0.3) is 0 Å². The van der Waals surface area contributed by atoms with Gasteiger partial charge >= 0.3 is 0 Å². The largest absolute Gasteiger partial charge is 0.369 e.